The molecule has 0 bridgehead atoms. The molecule has 23 heavy (non-hydrogen) atoms. The smallest absolute Gasteiger partial charge is 0.0912 e. The lowest BCUT2D eigenvalue weighted by molar-refractivity contribution is 1.42. The Morgan fingerprint density at radius 1 is 0.826 bits per heavy atom. The van der Waals surface area contributed by atoms with Gasteiger partial charge in [-0.1, -0.05) is 97.1 Å². The van der Waals surface area contributed by atoms with Crippen LogP contribution < -0.4 is 0 Å². The SMILES string of the molecule is C=CCC=Cc1ccccc1.N#CC=CC=Cc1ccccc1. The van der Waals surface area contributed by atoms with Crippen molar-refractivity contribution < 1.29 is 0 Å². The van der Waals surface area contributed by atoms with Crippen molar-refractivity contribution in [2.24, 2.45) is 0 Å². The normalized spacial score (nSPS) is 10.4. The Morgan fingerprint density at radius 3 is 1.91 bits per heavy atom. The molecule has 2 aromatic rings. The van der Waals surface area contributed by atoms with E-state index in [1.165, 1.54) is 11.6 Å². The zero-order chi connectivity index (χ0) is 16.6. The molecule has 2 rings (SSSR count). The first-order valence-corrected chi connectivity index (χ1v) is 7.47. The molecule has 0 N–H and O–H groups in total. The van der Waals surface area contributed by atoms with Gasteiger partial charge in [0.2, 0.25) is 0 Å². The molecule has 0 aliphatic rings. The van der Waals surface area contributed by atoms with Gasteiger partial charge in [-0.25, -0.2) is 0 Å². The van der Waals surface area contributed by atoms with Gasteiger partial charge in [-0.05, 0) is 17.5 Å². The van der Waals surface area contributed by atoms with Crippen molar-refractivity contribution in [3.05, 3.63) is 109 Å². The van der Waals surface area contributed by atoms with E-state index >= 15 is 0 Å². The Hall–Kier alpha value is -3.11. The molecule has 114 valence electrons. The van der Waals surface area contributed by atoms with Crippen LogP contribution in [0.25, 0.3) is 12.2 Å². The molecule has 0 saturated carbocycles. The summed E-state index contributed by atoms with van der Waals surface area (Å²) < 4.78 is 0. The molecule has 0 aliphatic heterocycles. The second kappa shape index (κ2) is 12.6. The van der Waals surface area contributed by atoms with Gasteiger partial charge in [0.15, 0.2) is 0 Å². The molecule has 0 radical (unpaired) electrons. The van der Waals surface area contributed by atoms with Crippen molar-refractivity contribution in [2.45, 2.75) is 6.42 Å². The first kappa shape index (κ1) is 17.9. The molecule has 0 aromatic heterocycles. The molecule has 0 fully saturated rings. The Labute approximate surface area is 139 Å². The molecule has 0 spiro atoms. The summed E-state index contributed by atoms with van der Waals surface area (Å²) in [6.07, 6.45) is 14.0. The average molecular weight is 299 g/mol. The van der Waals surface area contributed by atoms with Crippen LogP contribution in [0, 0.1) is 11.3 Å². The number of allylic oxidation sites excluding steroid dienone is 5. The first-order valence-electron chi connectivity index (χ1n) is 7.47. The van der Waals surface area contributed by atoms with E-state index in [1.807, 2.05) is 72.8 Å². The third-order valence-corrected chi connectivity index (χ3v) is 2.78. The van der Waals surface area contributed by atoms with Crippen LogP contribution in [0.5, 0.6) is 0 Å². The van der Waals surface area contributed by atoms with Crippen molar-refractivity contribution >= 4 is 12.2 Å². The fourth-order valence-corrected chi connectivity index (χ4v) is 1.69. The molecule has 0 atom stereocenters. The number of nitrogens with zero attached hydrogens (tertiary/aromatic N) is 1. The largest absolute Gasteiger partial charge is 0.193 e. The highest BCUT2D eigenvalue weighted by Crippen LogP contribution is 2.01. The van der Waals surface area contributed by atoms with E-state index in [0.717, 1.165) is 12.0 Å². The maximum atomic E-state index is 8.19. The number of hydrogen-bond donors (Lipinski definition) is 0. The minimum atomic E-state index is 0.939. The van der Waals surface area contributed by atoms with Crippen molar-refractivity contribution in [1.29, 1.82) is 5.26 Å². The molecule has 0 amide bonds. The highest BCUT2D eigenvalue weighted by Gasteiger charge is 1.80. The van der Waals surface area contributed by atoms with Gasteiger partial charge < -0.3 is 0 Å². The predicted octanol–water partition coefficient (Wildman–Crippen LogP) is 6.06. The van der Waals surface area contributed by atoms with Crippen molar-refractivity contribution in [2.75, 3.05) is 0 Å². The van der Waals surface area contributed by atoms with Gasteiger partial charge in [0.1, 0.15) is 0 Å². The molecule has 0 unspecified atom stereocenters. The lowest BCUT2D eigenvalue weighted by Crippen LogP contribution is -1.67. The topological polar surface area (TPSA) is 23.8 Å². The number of rotatable bonds is 5. The minimum Gasteiger partial charge on any atom is -0.193 e. The van der Waals surface area contributed by atoms with Crippen LogP contribution in [-0.2, 0) is 0 Å². The first-order chi connectivity index (χ1) is 11.4. The maximum absolute atomic E-state index is 8.19. The molecular formula is C22H21N. The van der Waals surface area contributed by atoms with Crippen LogP contribution in [0.1, 0.15) is 17.5 Å². The fourth-order valence-electron chi connectivity index (χ4n) is 1.69. The average Bonchev–Trinajstić information content (AvgIpc) is 2.61. The molecule has 0 aliphatic carbocycles. The van der Waals surface area contributed by atoms with Gasteiger partial charge in [0, 0.05) is 6.08 Å². The summed E-state index contributed by atoms with van der Waals surface area (Å²) in [4.78, 5) is 0. The Balaban J connectivity index is 0.000000231. The van der Waals surface area contributed by atoms with Crippen LogP contribution in [0.3, 0.4) is 0 Å². The lowest BCUT2D eigenvalue weighted by atomic mass is 10.2. The van der Waals surface area contributed by atoms with E-state index in [4.69, 9.17) is 5.26 Å². The van der Waals surface area contributed by atoms with E-state index in [2.05, 4.69) is 30.9 Å². The number of hydrogen-bond acceptors (Lipinski definition) is 1. The molecule has 1 heteroatoms. The summed E-state index contributed by atoms with van der Waals surface area (Å²) in [5, 5.41) is 8.19. The van der Waals surface area contributed by atoms with Gasteiger partial charge in [-0.3, -0.25) is 0 Å². The quantitative estimate of drug-likeness (QED) is 0.374. The minimum absolute atomic E-state index is 0.939. The maximum Gasteiger partial charge on any atom is 0.0912 e. The molecular weight excluding hydrogens is 278 g/mol. The zero-order valence-corrected chi connectivity index (χ0v) is 13.2. The second-order valence-corrected chi connectivity index (χ2v) is 4.60. The van der Waals surface area contributed by atoms with Crippen LogP contribution in [0.15, 0.2) is 97.6 Å². The summed E-state index contributed by atoms with van der Waals surface area (Å²) in [6.45, 7) is 3.64. The third kappa shape index (κ3) is 9.44. The standard InChI is InChI=1S/C11H9N.C11H12/c12-10-6-2-5-9-11-7-3-1-4-8-11;1-2-3-5-8-11-9-6-4-7-10-11/h1-9H;2,4-10H,1,3H2. The summed E-state index contributed by atoms with van der Waals surface area (Å²) >= 11 is 0. The zero-order valence-electron chi connectivity index (χ0n) is 13.2. The van der Waals surface area contributed by atoms with E-state index < -0.39 is 0 Å². The van der Waals surface area contributed by atoms with E-state index in [1.54, 1.807) is 6.08 Å². The van der Waals surface area contributed by atoms with Crippen molar-refractivity contribution in [1.82, 2.24) is 0 Å². The van der Waals surface area contributed by atoms with Crippen molar-refractivity contribution in [3.63, 3.8) is 0 Å². The van der Waals surface area contributed by atoms with E-state index in [0.29, 0.717) is 0 Å². The molecule has 0 saturated heterocycles. The van der Waals surface area contributed by atoms with Crippen LogP contribution in [-0.4, -0.2) is 0 Å². The third-order valence-electron chi connectivity index (χ3n) is 2.78. The molecule has 2 aromatic carbocycles. The molecule has 1 nitrogen and oxygen atoms in total. The van der Waals surface area contributed by atoms with Gasteiger partial charge >= 0.3 is 0 Å². The van der Waals surface area contributed by atoms with Crippen LogP contribution in [0.2, 0.25) is 0 Å². The highest BCUT2D eigenvalue weighted by atomic mass is 14.2. The summed E-state index contributed by atoms with van der Waals surface area (Å²) in [7, 11) is 0. The van der Waals surface area contributed by atoms with Crippen LogP contribution in [0.4, 0.5) is 0 Å². The summed E-state index contributed by atoms with van der Waals surface area (Å²) in [5.41, 5.74) is 2.38. The van der Waals surface area contributed by atoms with Crippen LogP contribution >= 0.6 is 0 Å². The van der Waals surface area contributed by atoms with E-state index in [9.17, 15) is 0 Å². The van der Waals surface area contributed by atoms with E-state index in [-0.39, 0.29) is 0 Å². The lowest BCUT2D eigenvalue weighted by Gasteiger charge is -1.88. The van der Waals surface area contributed by atoms with Gasteiger partial charge in [-0.2, -0.15) is 5.26 Å². The number of nitriles is 1. The van der Waals surface area contributed by atoms with Gasteiger partial charge in [0.25, 0.3) is 0 Å². The Morgan fingerprint density at radius 2 is 1.39 bits per heavy atom. The highest BCUT2D eigenvalue weighted by molar-refractivity contribution is 5.50. The second-order valence-electron chi connectivity index (χ2n) is 4.60. The Kier molecular flexibility index (Phi) is 9.84. The Bertz CT molecular complexity index is 671. The number of benzene rings is 2. The molecule has 0 heterocycles. The summed E-state index contributed by atoms with van der Waals surface area (Å²) in [6, 6.07) is 22.1. The van der Waals surface area contributed by atoms with Gasteiger partial charge in [0.05, 0.1) is 6.07 Å². The fraction of sp³-hybridized carbons (Fsp3) is 0.0455. The predicted molar refractivity (Wildman–Crippen MR) is 101 cm³/mol. The monoisotopic (exact) mass is 299 g/mol. The van der Waals surface area contributed by atoms with Crippen molar-refractivity contribution in [3.8, 4) is 6.07 Å². The summed E-state index contributed by atoms with van der Waals surface area (Å²) in [5.74, 6) is 0. The van der Waals surface area contributed by atoms with Gasteiger partial charge in [-0.15, -0.1) is 6.58 Å².